The molecule has 1 amide bonds. The molecular formula is C13H14N4O3. The van der Waals surface area contributed by atoms with Crippen molar-refractivity contribution in [3.63, 3.8) is 0 Å². The van der Waals surface area contributed by atoms with Crippen LogP contribution in [0.5, 0.6) is 0 Å². The molecule has 7 nitrogen and oxygen atoms in total. The van der Waals surface area contributed by atoms with Crippen LogP contribution in [0, 0.1) is 24.0 Å². The smallest absolute Gasteiger partial charge is 0.343 e. The van der Waals surface area contributed by atoms with E-state index >= 15 is 0 Å². The van der Waals surface area contributed by atoms with Crippen LogP contribution in [0.4, 0.5) is 11.5 Å². The standard InChI is InChI=1S/C13H14N4O3/c1-9-4-3-5-11(6-9)15-12(18)8-16-10(2)14-7-13(16)17(19)20/h3-7H,8H2,1-2H3,(H,15,18). The van der Waals surface area contributed by atoms with Gasteiger partial charge in [0.15, 0.2) is 12.4 Å². The molecule has 2 rings (SSSR count). The number of amides is 1. The van der Waals surface area contributed by atoms with E-state index in [0.717, 1.165) is 11.8 Å². The number of benzene rings is 1. The Balaban J connectivity index is 2.12. The van der Waals surface area contributed by atoms with E-state index in [1.165, 1.54) is 4.57 Å². The molecule has 0 aliphatic rings. The van der Waals surface area contributed by atoms with Gasteiger partial charge in [0.2, 0.25) is 0 Å². The highest BCUT2D eigenvalue weighted by molar-refractivity contribution is 5.90. The fraction of sp³-hybridized carbons (Fsp3) is 0.231. The highest BCUT2D eigenvalue weighted by Gasteiger charge is 2.20. The second kappa shape index (κ2) is 5.52. The number of nitro groups is 1. The zero-order valence-electron chi connectivity index (χ0n) is 11.2. The fourth-order valence-corrected chi connectivity index (χ4v) is 1.86. The molecule has 104 valence electrons. The number of imidazole rings is 1. The lowest BCUT2D eigenvalue weighted by molar-refractivity contribution is -0.392. The lowest BCUT2D eigenvalue weighted by atomic mass is 10.2. The van der Waals surface area contributed by atoms with Crippen molar-refractivity contribution in [1.82, 2.24) is 9.55 Å². The van der Waals surface area contributed by atoms with E-state index < -0.39 is 4.92 Å². The van der Waals surface area contributed by atoms with Crippen LogP contribution in [-0.4, -0.2) is 20.4 Å². The first-order chi connectivity index (χ1) is 9.47. The molecule has 0 bridgehead atoms. The molecule has 0 unspecified atom stereocenters. The van der Waals surface area contributed by atoms with E-state index in [9.17, 15) is 14.9 Å². The third kappa shape index (κ3) is 3.00. The molecule has 0 radical (unpaired) electrons. The predicted octanol–water partition coefficient (Wildman–Crippen LogP) is 2.05. The zero-order chi connectivity index (χ0) is 14.7. The number of anilines is 1. The van der Waals surface area contributed by atoms with Gasteiger partial charge in [-0.25, -0.2) is 9.55 Å². The third-order valence-corrected chi connectivity index (χ3v) is 2.82. The first-order valence-electron chi connectivity index (χ1n) is 6.00. The Hall–Kier alpha value is -2.70. The average Bonchev–Trinajstić information content (AvgIpc) is 2.71. The summed E-state index contributed by atoms with van der Waals surface area (Å²) in [6, 6.07) is 7.34. The van der Waals surface area contributed by atoms with Gasteiger partial charge in [0, 0.05) is 12.6 Å². The van der Waals surface area contributed by atoms with Gasteiger partial charge in [-0.2, -0.15) is 0 Å². The Morgan fingerprint density at radius 1 is 1.45 bits per heavy atom. The lowest BCUT2D eigenvalue weighted by Gasteiger charge is -2.06. The minimum absolute atomic E-state index is 0.143. The Morgan fingerprint density at radius 2 is 2.20 bits per heavy atom. The molecule has 1 aromatic heterocycles. The molecule has 2 aromatic rings. The predicted molar refractivity (Wildman–Crippen MR) is 73.4 cm³/mol. The van der Waals surface area contributed by atoms with Crippen molar-refractivity contribution >= 4 is 17.4 Å². The molecule has 0 aliphatic carbocycles. The fourth-order valence-electron chi connectivity index (χ4n) is 1.86. The van der Waals surface area contributed by atoms with Crippen molar-refractivity contribution in [3.8, 4) is 0 Å². The van der Waals surface area contributed by atoms with Crippen molar-refractivity contribution in [2.45, 2.75) is 20.4 Å². The van der Waals surface area contributed by atoms with Crippen molar-refractivity contribution in [2.75, 3.05) is 5.32 Å². The molecule has 1 aromatic carbocycles. The Kier molecular flexibility index (Phi) is 3.79. The molecule has 0 fully saturated rings. The minimum atomic E-state index is -0.556. The molecule has 0 saturated heterocycles. The van der Waals surface area contributed by atoms with Crippen LogP contribution >= 0.6 is 0 Å². The van der Waals surface area contributed by atoms with E-state index in [-0.39, 0.29) is 18.3 Å². The monoisotopic (exact) mass is 274 g/mol. The van der Waals surface area contributed by atoms with Crippen molar-refractivity contribution in [3.05, 3.63) is 52.0 Å². The van der Waals surface area contributed by atoms with E-state index in [0.29, 0.717) is 11.5 Å². The summed E-state index contributed by atoms with van der Waals surface area (Å²) < 4.78 is 1.27. The van der Waals surface area contributed by atoms with Crippen LogP contribution in [0.15, 0.2) is 30.5 Å². The molecule has 0 atom stereocenters. The highest BCUT2D eigenvalue weighted by Crippen LogP contribution is 2.14. The second-order valence-corrected chi connectivity index (χ2v) is 4.42. The summed E-state index contributed by atoms with van der Waals surface area (Å²) in [6.07, 6.45) is 1.15. The number of rotatable bonds is 4. The van der Waals surface area contributed by atoms with Crippen LogP contribution in [0.3, 0.4) is 0 Å². The number of carbonyl (C=O) groups excluding carboxylic acids is 1. The Bertz CT molecular complexity index is 663. The van der Waals surface area contributed by atoms with Gasteiger partial charge < -0.3 is 15.4 Å². The average molecular weight is 274 g/mol. The summed E-state index contributed by atoms with van der Waals surface area (Å²) in [4.78, 5) is 26.1. The molecule has 7 heteroatoms. The summed E-state index contributed by atoms with van der Waals surface area (Å²) in [5.74, 6) is -0.0993. The number of nitrogens with one attached hydrogen (secondary N) is 1. The third-order valence-electron chi connectivity index (χ3n) is 2.82. The Labute approximate surface area is 115 Å². The maximum atomic E-state index is 11.9. The number of aromatic nitrogens is 2. The van der Waals surface area contributed by atoms with E-state index in [4.69, 9.17) is 0 Å². The van der Waals surface area contributed by atoms with Crippen LogP contribution in [0.1, 0.15) is 11.4 Å². The van der Waals surface area contributed by atoms with Gasteiger partial charge >= 0.3 is 5.82 Å². The lowest BCUT2D eigenvalue weighted by Crippen LogP contribution is -2.20. The molecule has 0 saturated carbocycles. The number of hydrogen-bond donors (Lipinski definition) is 1. The molecule has 0 aliphatic heterocycles. The number of hydrogen-bond acceptors (Lipinski definition) is 4. The van der Waals surface area contributed by atoms with Gasteiger partial charge in [0.1, 0.15) is 6.20 Å². The topological polar surface area (TPSA) is 90.1 Å². The summed E-state index contributed by atoms with van der Waals surface area (Å²) in [7, 11) is 0. The van der Waals surface area contributed by atoms with Crippen molar-refractivity contribution in [1.29, 1.82) is 0 Å². The van der Waals surface area contributed by atoms with Crippen molar-refractivity contribution in [2.24, 2.45) is 0 Å². The van der Waals surface area contributed by atoms with Gasteiger partial charge in [0.05, 0.1) is 0 Å². The van der Waals surface area contributed by atoms with E-state index in [1.807, 2.05) is 25.1 Å². The highest BCUT2D eigenvalue weighted by atomic mass is 16.6. The van der Waals surface area contributed by atoms with Gasteiger partial charge in [0.25, 0.3) is 5.91 Å². The summed E-state index contributed by atoms with van der Waals surface area (Å²) in [5, 5.41) is 13.5. The van der Waals surface area contributed by atoms with Crippen LogP contribution in [-0.2, 0) is 11.3 Å². The summed E-state index contributed by atoms with van der Waals surface area (Å²) in [5.41, 5.74) is 1.68. The van der Waals surface area contributed by atoms with Crippen LogP contribution in [0.2, 0.25) is 0 Å². The van der Waals surface area contributed by atoms with E-state index in [2.05, 4.69) is 10.3 Å². The van der Waals surface area contributed by atoms with Gasteiger partial charge in [-0.1, -0.05) is 12.1 Å². The normalized spacial score (nSPS) is 10.3. The van der Waals surface area contributed by atoms with Gasteiger partial charge in [-0.15, -0.1) is 0 Å². The van der Waals surface area contributed by atoms with Crippen molar-refractivity contribution < 1.29 is 9.72 Å². The van der Waals surface area contributed by atoms with Crippen LogP contribution in [0.25, 0.3) is 0 Å². The molecule has 20 heavy (non-hydrogen) atoms. The molecule has 1 N–H and O–H groups in total. The largest absolute Gasteiger partial charge is 0.358 e. The Morgan fingerprint density at radius 3 is 2.85 bits per heavy atom. The van der Waals surface area contributed by atoms with Gasteiger partial charge in [-0.3, -0.25) is 4.79 Å². The molecular weight excluding hydrogens is 260 g/mol. The van der Waals surface area contributed by atoms with E-state index in [1.54, 1.807) is 13.0 Å². The zero-order valence-corrected chi connectivity index (χ0v) is 11.2. The quantitative estimate of drug-likeness (QED) is 0.682. The second-order valence-electron chi connectivity index (χ2n) is 4.42. The first kappa shape index (κ1) is 13.7. The summed E-state index contributed by atoms with van der Waals surface area (Å²) in [6.45, 7) is 3.39. The number of aryl methyl sites for hydroxylation is 2. The maximum absolute atomic E-state index is 11.9. The SMILES string of the molecule is Cc1cccc(NC(=O)Cn2c([N+](=O)[O-])cnc2C)c1. The molecule has 1 heterocycles. The maximum Gasteiger partial charge on any atom is 0.343 e. The number of nitrogens with zero attached hydrogens (tertiary/aromatic N) is 3. The summed E-state index contributed by atoms with van der Waals surface area (Å²) >= 11 is 0. The number of carbonyl (C=O) groups is 1. The van der Waals surface area contributed by atoms with Crippen LogP contribution < -0.4 is 5.32 Å². The molecule has 0 spiro atoms. The van der Waals surface area contributed by atoms with Gasteiger partial charge in [-0.05, 0) is 29.5 Å². The minimum Gasteiger partial charge on any atom is -0.358 e. The first-order valence-corrected chi connectivity index (χ1v) is 6.00.